The van der Waals surface area contributed by atoms with Crippen LogP contribution in [-0.2, 0) is 0 Å². The van der Waals surface area contributed by atoms with Crippen molar-refractivity contribution in [3.05, 3.63) is 6.20 Å². The number of hydrogen-bond acceptors (Lipinski definition) is 7. The molecule has 3 N–H and O–H groups in total. The minimum absolute atomic E-state index is 0.0363. The van der Waals surface area contributed by atoms with Crippen molar-refractivity contribution in [1.82, 2.24) is 24.9 Å². The fourth-order valence-electron chi connectivity index (χ4n) is 2.72. The van der Waals surface area contributed by atoms with Crippen LogP contribution in [0.15, 0.2) is 6.20 Å². The van der Waals surface area contributed by atoms with E-state index in [9.17, 15) is 0 Å². The lowest BCUT2D eigenvalue weighted by atomic mass is 10.1. The fourth-order valence-corrected chi connectivity index (χ4v) is 2.72. The van der Waals surface area contributed by atoms with Gasteiger partial charge in [0.15, 0.2) is 5.82 Å². The van der Waals surface area contributed by atoms with Crippen molar-refractivity contribution in [2.75, 3.05) is 18.8 Å². The maximum atomic E-state index is 6.03. The summed E-state index contributed by atoms with van der Waals surface area (Å²) in [4.78, 5) is 8.44. The minimum atomic E-state index is 0.0363. The highest BCUT2D eigenvalue weighted by molar-refractivity contribution is 5.60. The maximum Gasteiger partial charge on any atom is 0.336 e. The zero-order chi connectivity index (χ0) is 16.2. The highest BCUT2D eigenvalue weighted by Crippen LogP contribution is 2.22. The summed E-state index contributed by atoms with van der Waals surface area (Å²) in [5, 5.41) is 7.70. The second-order valence-electron chi connectivity index (χ2n) is 5.90. The molecule has 8 nitrogen and oxygen atoms in total. The van der Waals surface area contributed by atoms with E-state index in [0.717, 1.165) is 38.8 Å². The van der Waals surface area contributed by atoms with Gasteiger partial charge in [0, 0.05) is 0 Å². The first kappa shape index (κ1) is 15.8. The number of nitrogens with one attached hydrogen (secondary N) is 1. The van der Waals surface area contributed by atoms with Gasteiger partial charge < -0.3 is 20.5 Å². The van der Waals surface area contributed by atoms with Gasteiger partial charge in [-0.1, -0.05) is 13.3 Å². The topological polar surface area (TPSA) is 99.6 Å². The van der Waals surface area contributed by atoms with E-state index in [1.807, 2.05) is 6.92 Å². The van der Waals surface area contributed by atoms with Crippen molar-refractivity contribution < 1.29 is 9.47 Å². The number of nitrogens with zero attached hydrogens (tertiary/aromatic N) is 4. The van der Waals surface area contributed by atoms with Crippen LogP contribution < -0.4 is 20.5 Å². The predicted molar refractivity (Wildman–Crippen MR) is 86.7 cm³/mol. The van der Waals surface area contributed by atoms with Crippen LogP contribution in [0.4, 0.5) is 5.82 Å². The third-order valence-electron chi connectivity index (χ3n) is 3.91. The molecule has 2 aromatic heterocycles. The Bertz CT molecular complexity index is 653. The molecule has 23 heavy (non-hydrogen) atoms. The Hall–Kier alpha value is -2.09. The SMILES string of the molecule is CCC[C@H](C)Oc1nc(N)c2ncc(OC3CCNCC3)n2n1. The Morgan fingerprint density at radius 2 is 2.22 bits per heavy atom. The van der Waals surface area contributed by atoms with Gasteiger partial charge in [-0.05, 0) is 39.3 Å². The molecule has 0 aromatic carbocycles. The minimum Gasteiger partial charge on any atom is -0.473 e. The van der Waals surface area contributed by atoms with Gasteiger partial charge in [0.1, 0.15) is 6.10 Å². The molecule has 0 aliphatic carbocycles. The molecule has 0 bridgehead atoms. The van der Waals surface area contributed by atoms with Crippen LogP contribution >= 0.6 is 0 Å². The van der Waals surface area contributed by atoms with Crippen molar-refractivity contribution >= 4 is 11.5 Å². The van der Waals surface area contributed by atoms with Gasteiger partial charge in [0.2, 0.25) is 11.5 Å². The Morgan fingerprint density at radius 3 is 2.96 bits per heavy atom. The number of anilines is 1. The van der Waals surface area contributed by atoms with Crippen LogP contribution in [0.25, 0.3) is 5.65 Å². The number of aromatic nitrogens is 4. The molecule has 3 rings (SSSR count). The molecule has 3 heterocycles. The lowest BCUT2D eigenvalue weighted by molar-refractivity contribution is 0.150. The standard InChI is InChI=1S/C15H24N6O2/c1-3-4-10(2)22-15-19-13(16)14-18-9-12(21(14)20-15)23-11-5-7-17-8-6-11/h9-11,17H,3-8H2,1-2H3,(H2,16,19,20)/t10-/m0/s1. The summed E-state index contributed by atoms with van der Waals surface area (Å²) < 4.78 is 13.4. The average molecular weight is 320 g/mol. The Kier molecular flexibility index (Phi) is 4.80. The number of imidazole rings is 1. The summed E-state index contributed by atoms with van der Waals surface area (Å²) in [6, 6.07) is 0.254. The van der Waals surface area contributed by atoms with E-state index in [1.165, 1.54) is 0 Å². The molecule has 1 saturated heterocycles. The second-order valence-corrected chi connectivity index (χ2v) is 5.90. The van der Waals surface area contributed by atoms with Crippen molar-refractivity contribution in [2.45, 2.75) is 51.7 Å². The third kappa shape index (κ3) is 3.64. The van der Waals surface area contributed by atoms with E-state index in [-0.39, 0.29) is 18.2 Å². The Labute approximate surface area is 135 Å². The van der Waals surface area contributed by atoms with E-state index < -0.39 is 0 Å². The summed E-state index contributed by atoms with van der Waals surface area (Å²) in [6.07, 6.45) is 5.74. The summed E-state index contributed by atoms with van der Waals surface area (Å²) in [5.74, 6) is 0.868. The zero-order valence-corrected chi connectivity index (χ0v) is 13.7. The number of nitrogens with two attached hydrogens (primary N) is 1. The zero-order valence-electron chi connectivity index (χ0n) is 13.7. The van der Waals surface area contributed by atoms with Gasteiger partial charge in [0.25, 0.3) is 0 Å². The fraction of sp³-hybridized carbons (Fsp3) is 0.667. The van der Waals surface area contributed by atoms with Crippen LogP contribution in [0, 0.1) is 0 Å². The molecule has 0 saturated carbocycles. The number of hydrogen-bond donors (Lipinski definition) is 2. The van der Waals surface area contributed by atoms with Gasteiger partial charge in [-0.3, -0.25) is 0 Å². The first-order valence-electron chi connectivity index (χ1n) is 8.22. The number of ether oxygens (including phenoxy) is 2. The number of nitrogen functional groups attached to an aromatic ring is 1. The molecule has 2 aromatic rings. The monoisotopic (exact) mass is 320 g/mol. The largest absolute Gasteiger partial charge is 0.473 e. The molecular formula is C15H24N6O2. The van der Waals surface area contributed by atoms with Crippen LogP contribution in [0.1, 0.15) is 39.5 Å². The van der Waals surface area contributed by atoms with E-state index in [2.05, 4.69) is 27.3 Å². The average Bonchev–Trinajstić information content (AvgIpc) is 2.92. The first-order valence-corrected chi connectivity index (χ1v) is 8.22. The lowest BCUT2D eigenvalue weighted by Crippen LogP contribution is -2.34. The maximum absolute atomic E-state index is 6.03. The molecule has 1 fully saturated rings. The third-order valence-corrected chi connectivity index (χ3v) is 3.91. The van der Waals surface area contributed by atoms with Crippen molar-refractivity contribution in [2.24, 2.45) is 0 Å². The lowest BCUT2D eigenvalue weighted by Gasteiger charge is -2.23. The van der Waals surface area contributed by atoms with Crippen LogP contribution in [0.3, 0.4) is 0 Å². The number of piperidine rings is 1. The van der Waals surface area contributed by atoms with E-state index in [0.29, 0.717) is 17.3 Å². The van der Waals surface area contributed by atoms with Crippen molar-refractivity contribution in [3.63, 3.8) is 0 Å². The van der Waals surface area contributed by atoms with Crippen LogP contribution in [-0.4, -0.2) is 44.9 Å². The molecule has 0 radical (unpaired) electrons. The van der Waals surface area contributed by atoms with Gasteiger partial charge in [-0.25, -0.2) is 4.98 Å². The molecule has 1 aliphatic rings. The van der Waals surface area contributed by atoms with Crippen LogP contribution in [0.2, 0.25) is 0 Å². The van der Waals surface area contributed by atoms with E-state index >= 15 is 0 Å². The van der Waals surface area contributed by atoms with Gasteiger partial charge in [0.05, 0.1) is 12.3 Å². The summed E-state index contributed by atoms with van der Waals surface area (Å²) in [6.45, 7) is 6.02. The van der Waals surface area contributed by atoms with Crippen molar-refractivity contribution in [3.8, 4) is 11.9 Å². The molecule has 126 valence electrons. The summed E-state index contributed by atoms with van der Waals surface area (Å²) in [5.41, 5.74) is 6.46. The first-order chi connectivity index (χ1) is 11.2. The molecule has 1 aliphatic heterocycles. The van der Waals surface area contributed by atoms with Crippen LogP contribution in [0.5, 0.6) is 11.9 Å². The highest BCUT2D eigenvalue weighted by Gasteiger charge is 2.19. The van der Waals surface area contributed by atoms with E-state index in [1.54, 1.807) is 10.7 Å². The number of fused-ring (bicyclic) bond motifs is 1. The normalized spacial score (nSPS) is 17.3. The molecule has 0 unspecified atom stereocenters. The summed E-state index contributed by atoms with van der Waals surface area (Å²) in [7, 11) is 0. The van der Waals surface area contributed by atoms with Gasteiger partial charge >= 0.3 is 6.01 Å². The smallest absolute Gasteiger partial charge is 0.336 e. The molecule has 8 heteroatoms. The van der Waals surface area contributed by atoms with E-state index in [4.69, 9.17) is 15.2 Å². The van der Waals surface area contributed by atoms with Crippen molar-refractivity contribution in [1.29, 1.82) is 0 Å². The molecule has 1 atom stereocenters. The summed E-state index contributed by atoms with van der Waals surface area (Å²) >= 11 is 0. The molecule has 0 amide bonds. The van der Waals surface area contributed by atoms with Gasteiger partial charge in [-0.15, -0.1) is 5.10 Å². The molecule has 0 spiro atoms. The Balaban J connectivity index is 1.83. The van der Waals surface area contributed by atoms with Gasteiger partial charge in [-0.2, -0.15) is 9.50 Å². The molecular weight excluding hydrogens is 296 g/mol. The second kappa shape index (κ2) is 6.99. The number of rotatable bonds is 6. The Morgan fingerprint density at radius 1 is 1.43 bits per heavy atom. The highest BCUT2D eigenvalue weighted by atomic mass is 16.5. The predicted octanol–water partition coefficient (Wildman–Crippen LogP) is 1.40. The quantitative estimate of drug-likeness (QED) is 0.830.